The molecule has 0 saturated heterocycles. The maximum atomic E-state index is 10.6. The fraction of sp³-hybridized carbons (Fsp3) is 0.300. The molecule has 0 radical (unpaired) electrons. The minimum absolute atomic E-state index is 0.0206. The number of hydrogen-bond donors (Lipinski definition) is 1. The van der Waals surface area contributed by atoms with Crippen LogP contribution >= 0.6 is 0 Å². The van der Waals surface area contributed by atoms with Gasteiger partial charge in [-0.1, -0.05) is 12.1 Å². The Morgan fingerprint density at radius 2 is 2.00 bits per heavy atom. The van der Waals surface area contributed by atoms with Gasteiger partial charge in [-0.2, -0.15) is 0 Å². The molecule has 1 aromatic rings. The van der Waals surface area contributed by atoms with Crippen molar-refractivity contribution >= 4 is 5.78 Å². The Bertz CT molecular complexity index is 291. The second-order valence-electron chi connectivity index (χ2n) is 2.91. The van der Waals surface area contributed by atoms with E-state index in [0.29, 0.717) is 5.75 Å². The van der Waals surface area contributed by atoms with Crippen molar-refractivity contribution in [1.29, 1.82) is 0 Å². The molecule has 4 heteroatoms. The van der Waals surface area contributed by atoms with Crippen LogP contribution in [0.4, 0.5) is 0 Å². The van der Waals surface area contributed by atoms with Crippen molar-refractivity contribution in [3.05, 3.63) is 29.8 Å². The van der Waals surface area contributed by atoms with E-state index < -0.39 is 0 Å². The quantitative estimate of drug-likeness (QED) is 0.574. The molecule has 0 bridgehead atoms. The summed E-state index contributed by atoms with van der Waals surface area (Å²) >= 11 is 0. The lowest BCUT2D eigenvalue weighted by Gasteiger charge is -2.04. The van der Waals surface area contributed by atoms with E-state index in [1.54, 1.807) is 24.3 Å². The van der Waals surface area contributed by atoms with Crippen molar-refractivity contribution in [2.75, 3.05) is 6.61 Å². The lowest BCUT2D eigenvalue weighted by atomic mass is 10.2. The third-order valence-electron chi connectivity index (χ3n) is 1.60. The lowest BCUT2D eigenvalue weighted by Crippen LogP contribution is -2.06. The third-order valence-corrected chi connectivity index (χ3v) is 1.60. The first kappa shape index (κ1) is 10.7. The lowest BCUT2D eigenvalue weighted by molar-refractivity contribution is -0.253. The molecule has 0 aliphatic carbocycles. The Kier molecular flexibility index (Phi) is 4.10. The number of Topliss-reactive ketones (excluding diaryl/α,β-unsaturated/α-hetero) is 1. The minimum Gasteiger partial charge on any atom is -0.486 e. The van der Waals surface area contributed by atoms with Crippen LogP contribution in [0.25, 0.3) is 0 Å². The molecule has 0 heterocycles. The monoisotopic (exact) mass is 196 g/mol. The molecule has 4 nitrogen and oxygen atoms in total. The van der Waals surface area contributed by atoms with Gasteiger partial charge >= 0.3 is 0 Å². The van der Waals surface area contributed by atoms with Gasteiger partial charge in [-0.25, -0.2) is 4.89 Å². The normalized spacial score (nSPS) is 9.86. The number of benzene rings is 1. The van der Waals surface area contributed by atoms with Gasteiger partial charge < -0.3 is 4.74 Å². The average Bonchev–Trinajstić information content (AvgIpc) is 2.17. The molecule has 1 N–H and O–H groups in total. The number of carbonyl (C=O) groups is 1. The molecule has 1 aromatic carbocycles. The second-order valence-corrected chi connectivity index (χ2v) is 2.91. The molecule has 0 amide bonds. The number of carbonyl (C=O) groups excluding carboxylic acids is 1. The van der Waals surface area contributed by atoms with E-state index >= 15 is 0 Å². The van der Waals surface area contributed by atoms with Crippen LogP contribution in [-0.4, -0.2) is 17.6 Å². The number of hydrogen-bond acceptors (Lipinski definition) is 4. The summed E-state index contributed by atoms with van der Waals surface area (Å²) in [5.74, 6) is 0.606. The van der Waals surface area contributed by atoms with Crippen LogP contribution in [0.1, 0.15) is 12.5 Å². The Hall–Kier alpha value is -1.39. The van der Waals surface area contributed by atoms with Crippen LogP contribution in [0.3, 0.4) is 0 Å². The van der Waals surface area contributed by atoms with Crippen molar-refractivity contribution < 1.29 is 19.7 Å². The molecule has 0 aromatic heterocycles. The summed E-state index contributed by atoms with van der Waals surface area (Å²) in [6, 6.07) is 6.95. The van der Waals surface area contributed by atoms with Crippen molar-refractivity contribution in [2.24, 2.45) is 0 Å². The summed E-state index contributed by atoms with van der Waals surface area (Å²) < 4.78 is 5.15. The summed E-state index contributed by atoms with van der Waals surface area (Å²) in [4.78, 5) is 14.6. The van der Waals surface area contributed by atoms with Crippen molar-refractivity contribution in [3.63, 3.8) is 0 Å². The van der Waals surface area contributed by atoms with E-state index in [2.05, 4.69) is 4.89 Å². The minimum atomic E-state index is -0.0206. The van der Waals surface area contributed by atoms with E-state index in [-0.39, 0.29) is 19.0 Å². The van der Waals surface area contributed by atoms with Crippen LogP contribution in [0.5, 0.6) is 5.75 Å². The van der Waals surface area contributed by atoms with Gasteiger partial charge in [0, 0.05) is 0 Å². The van der Waals surface area contributed by atoms with Crippen molar-refractivity contribution in [3.8, 4) is 5.75 Å². The fourth-order valence-corrected chi connectivity index (χ4v) is 0.941. The van der Waals surface area contributed by atoms with Crippen LogP contribution in [0.15, 0.2) is 24.3 Å². The van der Waals surface area contributed by atoms with Gasteiger partial charge in [0.1, 0.15) is 19.0 Å². The molecule has 0 aliphatic rings. The first-order chi connectivity index (χ1) is 6.72. The number of rotatable bonds is 5. The van der Waals surface area contributed by atoms with Gasteiger partial charge in [0.25, 0.3) is 0 Å². The fourth-order valence-electron chi connectivity index (χ4n) is 0.941. The van der Waals surface area contributed by atoms with E-state index in [4.69, 9.17) is 9.99 Å². The largest absolute Gasteiger partial charge is 0.486 e. The highest BCUT2D eigenvalue weighted by Gasteiger charge is 1.97. The van der Waals surface area contributed by atoms with Gasteiger partial charge in [-0.15, -0.1) is 0 Å². The summed E-state index contributed by atoms with van der Waals surface area (Å²) in [7, 11) is 0. The standard InChI is InChI=1S/C10H12O4/c1-8(11)6-13-10-4-2-9(3-5-10)7-14-12/h2-5,12H,6-7H2,1H3. The van der Waals surface area contributed by atoms with E-state index in [9.17, 15) is 4.79 Å². The molecule has 0 fully saturated rings. The van der Waals surface area contributed by atoms with Crippen molar-refractivity contribution in [2.45, 2.75) is 13.5 Å². The first-order valence-corrected chi connectivity index (χ1v) is 4.20. The molecular formula is C10H12O4. The zero-order valence-corrected chi connectivity index (χ0v) is 7.90. The Morgan fingerprint density at radius 1 is 1.36 bits per heavy atom. The Labute approximate surface area is 82.0 Å². The second kappa shape index (κ2) is 5.36. The summed E-state index contributed by atoms with van der Waals surface area (Å²) in [6.45, 7) is 1.69. The van der Waals surface area contributed by atoms with E-state index in [0.717, 1.165) is 5.56 Å². The SMILES string of the molecule is CC(=O)COc1ccc(COO)cc1. The highest BCUT2D eigenvalue weighted by atomic mass is 17.1. The zero-order chi connectivity index (χ0) is 10.4. The molecule has 0 atom stereocenters. The van der Waals surface area contributed by atoms with Gasteiger partial charge in [0.2, 0.25) is 0 Å². The molecule has 0 aliphatic heterocycles. The summed E-state index contributed by atoms with van der Waals surface area (Å²) in [5.41, 5.74) is 0.836. The predicted molar refractivity (Wildman–Crippen MR) is 50.0 cm³/mol. The van der Waals surface area contributed by atoms with Crippen LogP contribution in [0.2, 0.25) is 0 Å². The molecule has 0 unspecified atom stereocenters. The molecule has 0 saturated carbocycles. The van der Waals surface area contributed by atoms with Gasteiger partial charge in [-0.05, 0) is 24.6 Å². The maximum Gasteiger partial charge on any atom is 0.167 e. The molecule has 76 valence electrons. The first-order valence-electron chi connectivity index (χ1n) is 4.20. The summed E-state index contributed by atoms with van der Waals surface area (Å²) in [5, 5.41) is 8.19. The average molecular weight is 196 g/mol. The highest BCUT2D eigenvalue weighted by Crippen LogP contribution is 2.12. The van der Waals surface area contributed by atoms with Gasteiger partial charge in [0.05, 0.1) is 0 Å². The third kappa shape index (κ3) is 3.55. The molecule has 14 heavy (non-hydrogen) atoms. The zero-order valence-electron chi connectivity index (χ0n) is 7.90. The number of ketones is 1. The van der Waals surface area contributed by atoms with Crippen LogP contribution in [-0.2, 0) is 16.3 Å². The molecular weight excluding hydrogens is 184 g/mol. The molecule has 0 spiro atoms. The van der Waals surface area contributed by atoms with Gasteiger partial charge in [-0.3, -0.25) is 10.1 Å². The maximum absolute atomic E-state index is 10.6. The number of ether oxygens (including phenoxy) is 1. The van der Waals surface area contributed by atoms with Crippen molar-refractivity contribution in [1.82, 2.24) is 0 Å². The predicted octanol–water partition coefficient (Wildman–Crippen LogP) is 1.64. The summed E-state index contributed by atoms with van der Waals surface area (Å²) in [6.07, 6.45) is 0. The Balaban J connectivity index is 2.50. The molecule has 1 rings (SSSR count). The van der Waals surface area contributed by atoms with Crippen LogP contribution in [0, 0.1) is 0 Å². The van der Waals surface area contributed by atoms with Crippen LogP contribution < -0.4 is 4.74 Å². The highest BCUT2D eigenvalue weighted by molar-refractivity contribution is 5.77. The topological polar surface area (TPSA) is 55.8 Å². The van der Waals surface area contributed by atoms with E-state index in [1.165, 1.54) is 6.92 Å². The smallest absolute Gasteiger partial charge is 0.167 e. The van der Waals surface area contributed by atoms with Gasteiger partial charge in [0.15, 0.2) is 5.78 Å². The van der Waals surface area contributed by atoms with E-state index in [1.807, 2.05) is 0 Å². The Morgan fingerprint density at radius 3 is 2.50 bits per heavy atom.